The summed E-state index contributed by atoms with van der Waals surface area (Å²) >= 11 is 0. The van der Waals surface area contributed by atoms with Crippen molar-refractivity contribution in [2.45, 2.75) is 32.9 Å². The fraction of sp³-hybridized carbons (Fsp3) is 0.333. The number of rotatable bonds is 5. The van der Waals surface area contributed by atoms with Gasteiger partial charge in [0.25, 0.3) is 0 Å². The van der Waals surface area contributed by atoms with Gasteiger partial charge in [-0.15, -0.1) is 0 Å². The number of amides is 2. The summed E-state index contributed by atoms with van der Waals surface area (Å²) in [5.41, 5.74) is -0.951. The summed E-state index contributed by atoms with van der Waals surface area (Å²) in [4.78, 5) is 27.4. The van der Waals surface area contributed by atoms with E-state index >= 15 is 0 Å². The summed E-state index contributed by atoms with van der Waals surface area (Å²) in [6, 6.07) is 12.1. The van der Waals surface area contributed by atoms with E-state index in [9.17, 15) is 22.8 Å². The summed E-state index contributed by atoms with van der Waals surface area (Å²) in [6.45, 7) is 4.05. The molecule has 3 rings (SSSR count). The zero-order valence-corrected chi connectivity index (χ0v) is 15.6. The highest BCUT2D eigenvalue weighted by molar-refractivity contribution is 6.17. The SMILES string of the molecule is CCN(C(=O)C1(C(=O)Nc2ccccc2C(F)(F)F)CC1)c1cccc(C)c1. The van der Waals surface area contributed by atoms with Crippen molar-refractivity contribution in [1.82, 2.24) is 0 Å². The van der Waals surface area contributed by atoms with Crippen LogP contribution in [0.4, 0.5) is 24.5 Å². The second-order valence-electron chi connectivity index (χ2n) is 6.97. The number of hydrogen-bond acceptors (Lipinski definition) is 2. The molecule has 28 heavy (non-hydrogen) atoms. The first-order chi connectivity index (χ1) is 13.2. The number of hydrogen-bond donors (Lipinski definition) is 1. The van der Waals surface area contributed by atoms with Crippen LogP contribution in [0.5, 0.6) is 0 Å². The van der Waals surface area contributed by atoms with Gasteiger partial charge in [0.05, 0.1) is 11.3 Å². The van der Waals surface area contributed by atoms with Crippen molar-refractivity contribution in [1.29, 1.82) is 0 Å². The first-order valence-electron chi connectivity index (χ1n) is 9.05. The van der Waals surface area contributed by atoms with Crippen LogP contribution in [0.3, 0.4) is 0 Å². The van der Waals surface area contributed by atoms with Crippen LogP contribution < -0.4 is 10.2 Å². The molecule has 148 valence electrons. The van der Waals surface area contributed by atoms with Gasteiger partial charge in [-0.05, 0) is 56.5 Å². The predicted molar refractivity (Wildman–Crippen MR) is 101 cm³/mol. The van der Waals surface area contributed by atoms with Crippen LogP contribution in [0.15, 0.2) is 48.5 Å². The van der Waals surface area contributed by atoms with Gasteiger partial charge in [-0.1, -0.05) is 24.3 Å². The monoisotopic (exact) mass is 390 g/mol. The normalized spacial score (nSPS) is 15.0. The molecule has 0 heterocycles. The lowest BCUT2D eigenvalue weighted by Crippen LogP contribution is -2.43. The molecule has 2 aromatic carbocycles. The lowest BCUT2D eigenvalue weighted by Gasteiger charge is -2.26. The van der Waals surface area contributed by atoms with E-state index < -0.39 is 23.1 Å². The largest absolute Gasteiger partial charge is 0.418 e. The molecule has 0 aromatic heterocycles. The molecule has 1 fully saturated rings. The van der Waals surface area contributed by atoms with E-state index in [4.69, 9.17) is 0 Å². The number of para-hydroxylation sites is 1. The Labute approximate surface area is 161 Å². The van der Waals surface area contributed by atoms with Gasteiger partial charge in [0.1, 0.15) is 5.41 Å². The molecule has 4 nitrogen and oxygen atoms in total. The van der Waals surface area contributed by atoms with Gasteiger partial charge in [-0.2, -0.15) is 13.2 Å². The molecule has 1 aliphatic rings. The topological polar surface area (TPSA) is 49.4 Å². The number of nitrogens with one attached hydrogen (secondary N) is 1. The number of benzene rings is 2. The Morgan fingerprint density at radius 3 is 2.36 bits per heavy atom. The number of halogens is 3. The summed E-state index contributed by atoms with van der Waals surface area (Å²) < 4.78 is 39.6. The molecule has 0 bridgehead atoms. The van der Waals surface area contributed by atoms with Crippen LogP contribution in [-0.2, 0) is 15.8 Å². The van der Waals surface area contributed by atoms with Gasteiger partial charge in [0, 0.05) is 12.2 Å². The van der Waals surface area contributed by atoms with Crippen molar-refractivity contribution in [3.05, 3.63) is 59.7 Å². The lowest BCUT2D eigenvalue weighted by atomic mass is 10.0. The van der Waals surface area contributed by atoms with E-state index in [2.05, 4.69) is 5.32 Å². The number of anilines is 2. The van der Waals surface area contributed by atoms with E-state index in [-0.39, 0.29) is 11.6 Å². The van der Waals surface area contributed by atoms with E-state index in [0.29, 0.717) is 25.1 Å². The second kappa shape index (κ2) is 7.30. The predicted octanol–water partition coefficient (Wildman–Crippen LogP) is 4.79. The van der Waals surface area contributed by atoms with Gasteiger partial charge in [0.2, 0.25) is 11.8 Å². The van der Waals surface area contributed by atoms with E-state index in [1.54, 1.807) is 13.0 Å². The average molecular weight is 390 g/mol. The highest BCUT2D eigenvalue weighted by atomic mass is 19.4. The van der Waals surface area contributed by atoms with E-state index in [0.717, 1.165) is 11.6 Å². The summed E-state index contributed by atoms with van der Waals surface area (Å²) in [5, 5.41) is 2.34. The molecule has 0 atom stereocenters. The van der Waals surface area contributed by atoms with Crippen molar-refractivity contribution in [2.75, 3.05) is 16.8 Å². The minimum atomic E-state index is -4.60. The lowest BCUT2D eigenvalue weighted by molar-refractivity contribution is -0.137. The zero-order valence-electron chi connectivity index (χ0n) is 15.6. The average Bonchev–Trinajstić information content (AvgIpc) is 3.44. The Bertz CT molecular complexity index is 905. The number of nitrogens with zero attached hydrogens (tertiary/aromatic N) is 1. The van der Waals surface area contributed by atoms with Crippen molar-refractivity contribution in [2.24, 2.45) is 5.41 Å². The maximum atomic E-state index is 13.2. The Hall–Kier alpha value is -2.83. The molecule has 0 radical (unpaired) electrons. The Morgan fingerprint density at radius 2 is 1.79 bits per heavy atom. The molecular formula is C21H21F3N2O2. The Morgan fingerprint density at radius 1 is 1.11 bits per heavy atom. The number of carbonyl (C=O) groups excluding carboxylic acids is 2. The van der Waals surface area contributed by atoms with Crippen LogP contribution in [0.2, 0.25) is 0 Å². The fourth-order valence-electron chi connectivity index (χ4n) is 3.24. The number of carbonyl (C=O) groups is 2. The maximum Gasteiger partial charge on any atom is 0.418 e. The van der Waals surface area contributed by atoms with Gasteiger partial charge in [0.15, 0.2) is 0 Å². The molecule has 0 aliphatic heterocycles. The smallest absolute Gasteiger partial charge is 0.325 e. The molecule has 2 amide bonds. The van der Waals surface area contributed by atoms with E-state index in [1.165, 1.54) is 23.1 Å². The molecule has 0 saturated heterocycles. The molecule has 1 saturated carbocycles. The van der Waals surface area contributed by atoms with Crippen LogP contribution in [0.25, 0.3) is 0 Å². The zero-order chi connectivity index (χ0) is 20.5. The molecule has 0 unspecified atom stereocenters. The minimum absolute atomic E-state index is 0.314. The highest BCUT2D eigenvalue weighted by Crippen LogP contribution is 2.49. The van der Waals surface area contributed by atoms with Gasteiger partial charge >= 0.3 is 6.18 Å². The van der Waals surface area contributed by atoms with Crippen LogP contribution in [0.1, 0.15) is 30.9 Å². The third-order valence-corrected chi connectivity index (χ3v) is 4.95. The van der Waals surface area contributed by atoms with Gasteiger partial charge in [-0.25, -0.2) is 0 Å². The molecule has 1 aliphatic carbocycles. The van der Waals surface area contributed by atoms with Crippen LogP contribution >= 0.6 is 0 Å². The fourth-order valence-corrected chi connectivity index (χ4v) is 3.24. The van der Waals surface area contributed by atoms with Crippen molar-refractivity contribution in [3.8, 4) is 0 Å². The van der Waals surface area contributed by atoms with Crippen molar-refractivity contribution >= 4 is 23.2 Å². The number of aryl methyl sites for hydroxylation is 1. The van der Waals surface area contributed by atoms with Crippen LogP contribution in [-0.4, -0.2) is 18.4 Å². The summed E-state index contributed by atoms with van der Waals surface area (Å²) in [5.74, 6) is -1.08. The summed E-state index contributed by atoms with van der Waals surface area (Å²) in [6.07, 6.45) is -3.97. The van der Waals surface area contributed by atoms with Gasteiger partial charge < -0.3 is 10.2 Å². The van der Waals surface area contributed by atoms with Crippen molar-refractivity contribution in [3.63, 3.8) is 0 Å². The Kier molecular flexibility index (Phi) is 5.19. The molecule has 7 heteroatoms. The Balaban J connectivity index is 1.85. The van der Waals surface area contributed by atoms with Crippen LogP contribution in [0, 0.1) is 12.3 Å². The molecule has 2 aromatic rings. The standard InChI is InChI=1S/C21H21F3N2O2/c1-3-26(15-8-6-7-14(2)13-15)19(28)20(11-12-20)18(27)25-17-10-5-4-9-16(17)21(22,23)24/h4-10,13H,3,11-12H2,1-2H3,(H,25,27). The third kappa shape index (κ3) is 3.74. The first kappa shape index (κ1) is 19.9. The second-order valence-corrected chi connectivity index (χ2v) is 6.97. The minimum Gasteiger partial charge on any atom is -0.325 e. The molecule has 1 N–H and O–H groups in total. The van der Waals surface area contributed by atoms with Crippen molar-refractivity contribution < 1.29 is 22.8 Å². The molecular weight excluding hydrogens is 369 g/mol. The highest BCUT2D eigenvalue weighted by Gasteiger charge is 2.58. The summed E-state index contributed by atoms with van der Waals surface area (Å²) in [7, 11) is 0. The maximum absolute atomic E-state index is 13.2. The molecule has 0 spiro atoms. The van der Waals surface area contributed by atoms with Gasteiger partial charge in [-0.3, -0.25) is 9.59 Å². The first-order valence-corrected chi connectivity index (χ1v) is 9.05. The quantitative estimate of drug-likeness (QED) is 0.747. The van der Waals surface area contributed by atoms with E-state index in [1.807, 2.05) is 25.1 Å². The third-order valence-electron chi connectivity index (χ3n) is 4.95. The number of alkyl halides is 3.